The predicted molar refractivity (Wildman–Crippen MR) is 68.5 cm³/mol. The average molecular weight is 273 g/mol. The largest absolute Gasteiger partial charge is 0.373 e. The maximum atomic E-state index is 11.1. The average Bonchev–Trinajstić information content (AvgIpc) is 2.33. The lowest BCUT2D eigenvalue weighted by Crippen LogP contribution is -2.21. The Hall–Kier alpha value is -0.570. The van der Waals surface area contributed by atoms with E-state index in [-0.39, 0.29) is 6.10 Å². The van der Waals surface area contributed by atoms with Crippen LogP contribution in [0.2, 0.25) is 10.0 Å². The number of halogens is 2. The Balaban J connectivity index is 1.89. The molecular weight excluding hydrogens is 259 g/mol. The summed E-state index contributed by atoms with van der Waals surface area (Å²) in [6.45, 7) is 0.457. The van der Waals surface area contributed by atoms with E-state index in [1.807, 2.05) is 12.1 Å². The first-order chi connectivity index (χ1) is 8.16. The van der Waals surface area contributed by atoms with Crippen LogP contribution in [0.5, 0.6) is 0 Å². The first kappa shape index (κ1) is 12.9. The summed E-state index contributed by atoms with van der Waals surface area (Å²) in [6, 6.07) is 5.52. The molecule has 1 aliphatic rings. The molecule has 0 aromatic heterocycles. The van der Waals surface area contributed by atoms with Crippen molar-refractivity contribution < 1.29 is 9.53 Å². The van der Waals surface area contributed by atoms with E-state index in [1.165, 1.54) is 0 Å². The number of rotatable bonds is 3. The van der Waals surface area contributed by atoms with Gasteiger partial charge in [-0.25, -0.2) is 0 Å². The molecule has 0 saturated heterocycles. The molecule has 0 bridgehead atoms. The van der Waals surface area contributed by atoms with E-state index in [0.29, 0.717) is 35.3 Å². The van der Waals surface area contributed by atoms with Crippen molar-refractivity contribution in [1.29, 1.82) is 0 Å². The fraction of sp³-hybridized carbons (Fsp3) is 0.462. The Morgan fingerprint density at radius 1 is 1.24 bits per heavy atom. The van der Waals surface area contributed by atoms with Crippen LogP contribution in [0, 0.1) is 0 Å². The lowest BCUT2D eigenvalue weighted by atomic mass is 9.96. The van der Waals surface area contributed by atoms with Gasteiger partial charge < -0.3 is 4.74 Å². The second-order valence-corrected chi connectivity index (χ2v) is 5.05. The van der Waals surface area contributed by atoms with E-state index in [9.17, 15) is 4.79 Å². The first-order valence-electron chi connectivity index (χ1n) is 5.73. The quantitative estimate of drug-likeness (QED) is 0.831. The summed E-state index contributed by atoms with van der Waals surface area (Å²) in [4.78, 5) is 11.1. The number of hydrogen-bond donors (Lipinski definition) is 0. The van der Waals surface area contributed by atoms with Crippen LogP contribution in [-0.2, 0) is 16.1 Å². The molecule has 1 aromatic carbocycles. The topological polar surface area (TPSA) is 26.3 Å². The van der Waals surface area contributed by atoms with Crippen molar-refractivity contribution in [3.05, 3.63) is 33.8 Å². The fourth-order valence-corrected chi connectivity index (χ4v) is 2.32. The molecule has 2 rings (SSSR count). The Kier molecular flexibility index (Phi) is 4.43. The minimum Gasteiger partial charge on any atom is -0.373 e. The molecule has 0 atom stereocenters. The van der Waals surface area contributed by atoms with Crippen LogP contribution in [0.1, 0.15) is 31.2 Å². The number of ether oxygens (including phenoxy) is 1. The van der Waals surface area contributed by atoms with Gasteiger partial charge in [-0.05, 0) is 24.5 Å². The minimum absolute atomic E-state index is 0.169. The maximum Gasteiger partial charge on any atom is 0.133 e. The third kappa shape index (κ3) is 3.44. The summed E-state index contributed by atoms with van der Waals surface area (Å²) in [6.07, 6.45) is 3.07. The van der Waals surface area contributed by atoms with Gasteiger partial charge in [0.1, 0.15) is 5.78 Å². The van der Waals surface area contributed by atoms with Gasteiger partial charge in [0.25, 0.3) is 0 Å². The van der Waals surface area contributed by atoms with Crippen molar-refractivity contribution in [2.24, 2.45) is 0 Å². The molecule has 92 valence electrons. The number of benzene rings is 1. The van der Waals surface area contributed by atoms with Gasteiger partial charge in [-0.2, -0.15) is 0 Å². The summed E-state index contributed by atoms with van der Waals surface area (Å²) in [5, 5.41) is 1.10. The van der Waals surface area contributed by atoms with Crippen molar-refractivity contribution in [3.8, 4) is 0 Å². The molecule has 0 heterocycles. The molecule has 1 aromatic rings. The van der Waals surface area contributed by atoms with Gasteiger partial charge in [0.15, 0.2) is 0 Å². The second-order valence-electron chi connectivity index (χ2n) is 4.26. The third-order valence-corrected chi connectivity index (χ3v) is 3.85. The predicted octanol–water partition coefficient (Wildman–Crippen LogP) is 4.02. The van der Waals surface area contributed by atoms with Gasteiger partial charge in [0.2, 0.25) is 0 Å². The minimum atomic E-state index is 0.169. The van der Waals surface area contributed by atoms with E-state index in [1.54, 1.807) is 6.07 Å². The molecule has 1 saturated carbocycles. The summed E-state index contributed by atoms with van der Waals surface area (Å²) in [7, 11) is 0. The van der Waals surface area contributed by atoms with Crippen molar-refractivity contribution in [2.75, 3.05) is 0 Å². The highest BCUT2D eigenvalue weighted by atomic mass is 35.5. The number of hydrogen-bond acceptors (Lipinski definition) is 2. The van der Waals surface area contributed by atoms with Crippen LogP contribution in [0.4, 0.5) is 0 Å². The van der Waals surface area contributed by atoms with Gasteiger partial charge in [-0.15, -0.1) is 0 Å². The monoisotopic (exact) mass is 272 g/mol. The molecule has 0 unspecified atom stereocenters. The highest BCUT2D eigenvalue weighted by molar-refractivity contribution is 6.42. The smallest absolute Gasteiger partial charge is 0.133 e. The SMILES string of the molecule is O=C1CCC(OCc2cccc(Cl)c2Cl)CC1. The van der Waals surface area contributed by atoms with Crippen LogP contribution in [-0.4, -0.2) is 11.9 Å². The highest BCUT2D eigenvalue weighted by Crippen LogP contribution is 2.27. The van der Waals surface area contributed by atoms with Gasteiger partial charge in [0, 0.05) is 12.8 Å². The van der Waals surface area contributed by atoms with Gasteiger partial charge in [0.05, 0.1) is 22.8 Å². The summed E-state index contributed by atoms with van der Waals surface area (Å²) >= 11 is 12.0. The zero-order valence-electron chi connectivity index (χ0n) is 9.42. The van der Waals surface area contributed by atoms with E-state index < -0.39 is 0 Å². The van der Waals surface area contributed by atoms with Crippen LogP contribution >= 0.6 is 23.2 Å². The van der Waals surface area contributed by atoms with Crippen molar-refractivity contribution in [3.63, 3.8) is 0 Å². The Morgan fingerprint density at radius 3 is 2.65 bits per heavy atom. The van der Waals surface area contributed by atoms with E-state index in [2.05, 4.69) is 0 Å². The molecule has 0 N–H and O–H groups in total. The number of carbonyl (C=O) groups excluding carboxylic acids is 1. The normalized spacial score (nSPS) is 17.4. The Labute approximate surface area is 111 Å². The van der Waals surface area contributed by atoms with Gasteiger partial charge in [-0.3, -0.25) is 4.79 Å². The van der Waals surface area contributed by atoms with E-state index >= 15 is 0 Å². The Morgan fingerprint density at radius 2 is 1.94 bits per heavy atom. The first-order valence-corrected chi connectivity index (χ1v) is 6.48. The maximum absolute atomic E-state index is 11.1. The summed E-state index contributed by atoms with van der Waals surface area (Å²) in [5.74, 6) is 0.339. The van der Waals surface area contributed by atoms with Crippen LogP contribution in [0.15, 0.2) is 18.2 Å². The van der Waals surface area contributed by atoms with Crippen LogP contribution in [0.3, 0.4) is 0 Å². The van der Waals surface area contributed by atoms with Gasteiger partial charge in [-0.1, -0.05) is 35.3 Å². The molecule has 1 aliphatic carbocycles. The fourth-order valence-electron chi connectivity index (χ4n) is 1.95. The van der Waals surface area contributed by atoms with Crippen LogP contribution in [0.25, 0.3) is 0 Å². The molecule has 0 aliphatic heterocycles. The zero-order chi connectivity index (χ0) is 12.3. The summed E-state index contributed by atoms with van der Waals surface area (Å²) in [5.41, 5.74) is 0.899. The third-order valence-electron chi connectivity index (χ3n) is 3.00. The molecule has 0 amide bonds. The second kappa shape index (κ2) is 5.85. The number of carbonyl (C=O) groups is 1. The molecule has 17 heavy (non-hydrogen) atoms. The molecule has 1 fully saturated rings. The van der Waals surface area contributed by atoms with E-state index in [4.69, 9.17) is 27.9 Å². The van der Waals surface area contributed by atoms with Crippen LogP contribution < -0.4 is 0 Å². The zero-order valence-corrected chi connectivity index (χ0v) is 10.9. The van der Waals surface area contributed by atoms with Crippen molar-refractivity contribution in [2.45, 2.75) is 38.4 Å². The van der Waals surface area contributed by atoms with Crippen molar-refractivity contribution in [1.82, 2.24) is 0 Å². The van der Waals surface area contributed by atoms with E-state index in [0.717, 1.165) is 18.4 Å². The molecular formula is C13H14Cl2O2. The molecule has 0 spiro atoms. The lowest BCUT2D eigenvalue weighted by Gasteiger charge is -2.21. The standard InChI is InChI=1S/C13H14Cl2O2/c14-12-3-1-2-9(13(12)15)8-17-11-6-4-10(16)5-7-11/h1-3,11H,4-8H2. The summed E-state index contributed by atoms with van der Waals surface area (Å²) < 4.78 is 5.76. The molecule has 4 heteroatoms. The van der Waals surface area contributed by atoms with Gasteiger partial charge >= 0.3 is 0 Å². The number of Topliss-reactive ketones (excluding diaryl/α,β-unsaturated/α-hetero) is 1. The van der Waals surface area contributed by atoms with Crippen molar-refractivity contribution >= 4 is 29.0 Å². The molecule has 0 radical (unpaired) electrons. The molecule has 2 nitrogen and oxygen atoms in total. The lowest BCUT2D eigenvalue weighted by molar-refractivity contribution is -0.123. The number of ketones is 1. The highest BCUT2D eigenvalue weighted by Gasteiger charge is 2.19. The Bertz CT molecular complexity index is 408.